The Labute approximate surface area is 235 Å². The van der Waals surface area contributed by atoms with Crippen molar-refractivity contribution in [2.45, 2.75) is 119 Å². The SMILES string of the molecule is CC(C)(C)[C@@H]1C[C@@H](C(C)(C)C)P1[C]1[CH][CH][CH][CH]1.CC(C)(C)[C@@H]1C[C@@H](C(C)(C)C)P1[C]1[CH][CH][CH][CH]1.[Fe]. The molecule has 4 atom stereocenters. The monoisotopic (exact) mass is 554 g/mol. The van der Waals surface area contributed by atoms with E-state index in [1.807, 2.05) is 0 Å². The van der Waals surface area contributed by atoms with Gasteiger partial charge in [-0.05, 0) is 109 Å². The first kappa shape index (κ1) is 32.6. The van der Waals surface area contributed by atoms with Crippen molar-refractivity contribution in [3.63, 3.8) is 0 Å². The molecule has 0 aromatic heterocycles. The Morgan fingerprint density at radius 2 is 0.657 bits per heavy atom. The van der Waals surface area contributed by atoms with Crippen LogP contribution >= 0.6 is 15.8 Å². The summed E-state index contributed by atoms with van der Waals surface area (Å²) in [6.07, 6.45) is 21.1. The second-order valence-electron chi connectivity index (χ2n) is 15.1. The van der Waals surface area contributed by atoms with Crippen molar-refractivity contribution in [1.29, 1.82) is 0 Å². The molecule has 10 radical (unpaired) electrons. The van der Waals surface area contributed by atoms with Gasteiger partial charge in [0, 0.05) is 28.4 Å². The average molecular weight is 555 g/mol. The maximum Gasteiger partial charge on any atom is 0.00807 e. The van der Waals surface area contributed by atoms with E-state index in [4.69, 9.17) is 0 Å². The van der Waals surface area contributed by atoms with E-state index in [0.717, 1.165) is 22.6 Å². The molecule has 2 aliphatic heterocycles. The van der Waals surface area contributed by atoms with E-state index < -0.39 is 0 Å². The molecule has 35 heavy (non-hydrogen) atoms. The predicted molar refractivity (Wildman–Crippen MR) is 157 cm³/mol. The molecule has 0 bridgehead atoms. The third kappa shape index (κ3) is 7.74. The van der Waals surface area contributed by atoms with Gasteiger partial charge < -0.3 is 0 Å². The molecule has 0 spiro atoms. The van der Waals surface area contributed by atoms with Crippen molar-refractivity contribution < 1.29 is 17.1 Å². The molecule has 4 fully saturated rings. The molecule has 2 saturated heterocycles. The number of hydrogen-bond acceptors (Lipinski definition) is 0. The van der Waals surface area contributed by atoms with Gasteiger partial charge in [0.2, 0.25) is 0 Å². The zero-order valence-electron chi connectivity index (χ0n) is 24.6. The van der Waals surface area contributed by atoms with Crippen LogP contribution in [0.15, 0.2) is 0 Å². The molecule has 0 N–H and O–H groups in total. The second-order valence-corrected chi connectivity index (χ2v) is 20.3. The van der Waals surface area contributed by atoms with Crippen LogP contribution in [0, 0.1) is 84.3 Å². The topological polar surface area (TPSA) is 0 Å². The summed E-state index contributed by atoms with van der Waals surface area (Å²) in [5, 5.41) is 0. The number of hydrogen-bond donors (Lipinski definition) is 0. The number of rotatable bonds is 2. The smallest absolute Gasteiger partial charge is 0.00807 e. The van der Waals surface area contributed by atoms with Crippen LogP contribution in [0.5, 0.6) is 0 Å². The van der Waals surface area contributed by atoms with E-state index in [1.165, 1.54) is 12.8 Å². The second kappa shape index (κ2) is 11.9. The van der Waals surface area contributed by atoms with E-state index in [-0.39, 0.29) is 32.9 Å². The normalized spacial score (nSPS) is 31.9. The van der Waals surface area contributed by atoms with Gasteiger partial charge in [-0.1, -0.05) is 98.9 Å². The molecule has 4 aliphatic rings. The third-order valence-electron chi connectivity index (χ3n) is 8.12. The van der Waals surface area contributed by atoms with Gasteiger partial charge >= 0.3 is 0 Å². The van der Waals surface area contributed by atoms with Crippen molar-refractivity contribution in [2.24, 2.45) is 21.7 Å². The predicted octanol–water partition coefficient (Wildman–Crippen LogP) is 10.1. The molecule has 0 aromatic carbocycles. The van der Waals surface area contributed by atoms with E-state index in [9.17, 15) is 0 Å². The summed E-state index contributed by atoms with van der Waals surface area (Å²) in [4.78, 5) is 0. The van der Waals surface area contributed by atoms with Crippen LogP contribution in [-0.2, 0) is 17.1 Å². The molecule has 2 heterocycles. The van der Waals surface area contributed by atoms with Crippen molar-refractivity contribution >= 4 is 15.8 Å². The minimum Gasteiger partial charge on any atom is -0.0913 e. The van der Waals surface area contributed by atoms with Crippen LogP contribution in [0.2, 0.25) is 0 Å². The summed E-state index contributed by atoms with van der Waals surface area (Å²) in [5.41, 5.74) is 8.74. The maximum atomic E-state index is 2.41. The van der Waals surface area contributed by atoms with Crippen molar-refractivity contribution in [2.75, 3.05) is 0 Å². The molecule has 2 saturated carbocycles. The first-order valence-electron chi connectivity index (χ1n) is 13.4. The molecule has 2 aliphatic carbocycles. The van der Waals surface area contributed by atoms with Gasteiger partial charge in [0.15, 0.2) is 0 Å². The van der Waals surface area contributed by atoms with E-state index >= 15 is 0 Å². The summed E-state index contributed by atoms with van der Waals surface area (Å²) in [5.74, 6) is 0. The molecule has 0 amide bonds. The fourth-order valence-electron chi connectivity index (χ4n) is 5.91. The summed E-state index contributed by atoms with van der Waals surface area (Å²) in [7, 11) is 0.0823. The standard InChI is InChI=1S/2C16H26P.Fe/c2*1-15(2,3)13-11-14(16(4,5)6)17(13)12-9-7-8-10-12;/h2*7-10,13-14H,11H2,1-6H3;/t2*13-,14-;/m00./s1. The van der Waals surface area contributed by atoms with Gasteiger partial charge in [0.25, 0.3) is 0 Å². The Balaban J connectivity index is 0.000000240. The van der Waals surface area contributed by atoms with Gasteiger partial charge in [0.05, 0.1) is 0 Å². The first-order valence-corrected chi connectivity index (χ1v) is 16.4. The summed E-state index contributed by atoms with van der Waals surface area (Å²) < 4.78 is 0. The fourth-order valence-corrected chi connectivity index (χ4v) is 13.6. The van der Waals surface area contributed by atoms with E-state index in [2.05, 4.69) is 134 Å². The Morgan fingerprint density at radius 3 is 0.829 bits per heavy atom. The average Bonchev–Trinajstić information content (AvgIpc) is 3.21. The van der Waals surface area contributed by atoms with Crippen LogP contribution in [0.1, 0.15) is 95.9 Å². The zero-order valence-corrected chi connectivity index (χ0v) is 27.5. The molecule has 0 unspecified atom stereocenters. The van der Waals surface area contributed by atoms with E-state index in [1.54, 1.807) is 11.3 Å². The summed E-state index contributed by atoms with van der Waals surface area (Å²) >= 11 is 0. The zero-order chi connectivity index (χ0) is 25.7. The quantitative estimate of drug-likeness (QED) is 0.235. The Hall–Kier alpha value is 1.38. The van der Waals surface area contributed by atoms with Crippen LogP contribution in [0.25, 0.3) is 0 Å². The van der Waals surface area contributed by atoms with Gasteiger partial charge in [0.1, 0.15) is 0 Å². The van der Waals surface area contributed by atoms with Gasteiger partial charge in [-0.3, -0.25) is 0 Å². The van der Waals surface area contributed by atoms with Crippen molar-refractivity contribution in [1.82, 2.24) is 0 Å². The molecule has 198 valence electrons. The fraction of sp³-hybridized carbons (Fsp3) is 0.688. The Morgan fingerprint density at radius 1 is 0.457 bits per heavy atom. The molecule has 0 nitrogen and oxygen atoms in total. The van der Waals surface area contributed by atoms with Gasteiger partial charge in [-0.15, -0.1) is 0 Å². The van der Waals surface area contributed by atoms with Crippen molar-refractivity contribution in [3.8, 4) is 0 Å². The van der Waals surface area contributed by atoms with Crippen LogP contribution in [-0.4, -0.2) is 22.6 Å². The van der Waals surface area contributed by atoms with Crippen LogP contribution in [0.4, 0.5) is 0 Å². The molecule has 4 rings (SSSR count). The third-order valence-corrected chi connectivity index (χ3v) is 16.5. The minimum atomic E-state index is 0. The van der Waals surface area contributed by atoms with Gasteiger partial charge in [-0.25, -0.2) is 0 Å². The molecule has 3 heteroatoms. The van der Waals surface area contributed by atoms with Gasteiger partial charge in [-0.2, -0.15) is 0 Å². The first-order chi connectivity index (χ1) is 15.4. The van der Waals surface area contributed by atoms with Crippen molar-refractivity contribution in [3.05, 3.63) is 62.7 Å². The summed E-state index contributed by atoms with van der Waals surface area (Å²) in [6, 6.07) is 0. The largest absolute Gasteiger partial charge is 0.0913 e. The van der Waals surface area contributed by atoms with Crippen LogP contribution < -0.4 is 0 Å². The molecule has 0 aromatic rings. The molecular formula is C32H52FeP2. The minimum absolute atomic E-state index is 0. The maximum absolute atomic E-state index is 2.41. The van der Waals surface area contributed by atoms with Crippen LogP contribution in [0.3, 0.4) is 0 Å². The Bertz CT molecular complexity index is 549. The Kier molecular flexibility index (Phi) is 11.0. The molecular weight excluding hydrogens is 502 g/mol. The summed E-state index contributed by atoms with van der Waals surface area (Å²) in [6.45, 7) is 28.9. The van der Waals surface area contributed by atoms with E-state index in [0.29, 0.717) is 21.7 Å².